The Morgan fingerprint density at radius 3 is 2.79 bits per heavy atom. The van der Waals surface area contributed by atoms with E-state index in [1.54, 1.807) is 12.1 Å². The Morgan fingerprint density at radius 1 is 1.37 bits per heavy atom. The third kappa shape index (κ3) is 3.75. The lowest BCUT2D eigenvalue weighted by Gasteiger charge is -2.19. The zero-order valence-corrected chi connectivity index (χ0v) is 12.7. The van der Waals surface area contributed by atoms with Gasteiger partial charge in [0.2, 0.25) is 0 Å². The molecule has 19 heavy (non-hydrogen) atoms. The Morgan fingerprint density at radius 2 is 2.11 bits per heavy atom. The summed E-state index contributed by atoms with van der Waals surface area (Å²) < 4.78 is 18.2. The molecule has 1 aromatic heterocycles. The summed E-state index contributed by atoms with van der Waals surface area (Å²) in [5, 5.41) is 3.50. The number of hydrogen-bond acceptors (Lipinski definition) is 3. The smallest absolute Gasteiger partial charge is 0.151 e. The molecule has 0 saturated carbocycles. The average molecular weight is 299 g/mol. The van der Waals surface area contributed by atoms with Crippen molar-refractivity contribution in [2.75, 3.05) is 0 Å². The summed E-state index contributed by atoms with van der Waals surface area (Å²) in [6.45, 7) is 7.03. The molecule has 0 unspecified atom stereocenters. The molecule has 0 fully saturated rings. The summed E-state index contributed by atoms with van der Waals surface area (Å²) in [6.07, 6.45) is 0. The minimum atomic E-state index is -0.412. The SMILES string of the molecule is CC(C)(C)NCc1cc(-c2cccc(Cl)c2F)ns1. The number of aromatic nitrogens is 1. The lowest BCUT2D eigenvalue weighted by atomic mass is 10.1. The Balaban J connectivity index is 2.19. The van der Waals surface area contributed by atoms with Crippen LogP contribution in [0.3, 0.4) is 0 Å². The van der Waals surface area contributed by atoms with Crippen molar-refractivity contribution in [3.63, 3.8) is 0 Å². The lowest BCUT2D eigenvalue weighted by molar-refractivity contribution is 0.426. The van der Waals surface area contributed by atoms with E-state index >= 15 is 0 Å². The molecule has 0 spiro atoms. The standard InChI is InChI=1S/C14H16ClFN2S/c1-14(2,3)17-8-9-7-12(18-19-9)10-5-4-6-11(15)13(10)16/h4-7,17H,8H2,1-3H3. The number of hydrogen-bond donors (Lipinski definition) is 1. The Labute approximate surface area is 121 Å². The number of benzene rings is 1. The highest BCUT2D eigenvalue weighted by molar-refractivity contribution is 7.06. The van der Waals surface area contributed by atoms with Crippen LogP contribution in [0.4, 0.5) is 4.39 Å². The fourth-order valence-electron chi connectivity index (χ4n) is 1.58. The van der Waals surface area contributed by atoms with E-state index < -0.39 is 5.82 Å². The maximum Gasteiger partial charge on any atom is 0.151 e. The molecule has 2 rings (SSSR count). The van der Waals surface area contributed by atoms with Gasteiger partial charge in [-0.25, -0.2) is 4.39 Å². The Hall–Kier alpha value is -0.970. The largest absolute Gasteiger partial charge is 0.307 e. The Kier molecular flexibility index (Phi) is 4.23. The monoisotopic (exact) mass is 298 g/mol. The van der Waals surface area contributed by atoms with Crippen LogP contribution in [0.1, 0.15) is 25.6 Å². The molecule has 102 valence electrons. The van der Waals surface area contributed by atoms with E-state index in [9.17, 15) is 4.39 Å². The van der Waals surface area contributed by atoms with E-state index in [0.29, 0.717) is 11.3 Å². The molecular formula is C14H16ClFN2S. The van der Waals surface area contributed by atoms with Crippen LogP contribution in [0.25, 0.3) is 11.3 Å². The van der Waals surface area contributed by atoms with Crippen LogP contribution in [0.15, 0.2) is 24.3 Å². The molecule has 1 N–H and O–H groups in total. The molecule has 0 aliphatic heterocycles. The first kappa shape index (κ1) is 14.4. The second-order valence-electron chi connectivity index (χ2n) is 5.38. The molecule has 0 amide bonds. The van der Waals surface area contributed by atoms with Crippen molar-refractivity contribution in [3.8, 4) is 11.3 Å². The van der Waals surface area contributed by atoms with E-state index in [1.807, 2.05) is 6.07 Å². The van der Waals surface area contributed by atoms with E-state index in [4.69, 9.17) is 11.6 Å². The summed E-state index contributed by atoms with van der Waals surface area (Å²) in [6, 6.07) is 6.86. The van der Waals surface area contributed by atoms with Crippen molar-refractivity contribution in [2.45, 2.75) is 32.9 Å². The molecule has 5 heteroatoms. The summed E-state index contributed by atoms with van der Waals surface area (Å²) in [5.41, 5.74) is 1.13. The molecule has 2 nitrogen and oxygen atoms in total. The quantitative estimate of drug-likeness (QED) is 0.903. The Bertz CT molecular complexity index is 575. The summed E-state index contributed by atoms with van der Waals surface area (Å²) in [4.78, 5) is 1.07. The fraction of sp³-hybridized carbons (Fsp3) is 0.357. The van der Waals surface area contributed by atoms with Gasteiger partial charge >= 0.3 is 0 Å². The van der Waals surface area contributed by atoms with Crippen LogP contribution in [-0.2, 0) is 6.54 Å². The van der Waals surface area contributed by atoms with Gasteiger partial charge in [0.05, 0.1) is 10.7 Å². The van der Waals surface area contributed by atoms with Gasteiger partial charge in [-0.05, 0) is 50.5 Å². The van der Waals surface area contributed by atoms with Gasteiger partial charge in [0, 0.05) is 22.5 Å². The van der Waals surface area contributed by atoms with Crippen molar-refractivity contribution in [2.24, 2.45) is 0 Å². The van der Waals surface area contributed by atoms with Crippen LogP contribution in [0.2, 0.25) is 5.02 Å². The van der Waals surface area contributed by atoms with Crippen LogP contribution in [0.5, 0.6) is 0 Å². The molecule has 0 aliphatic rings. The highest BCUT2D eigenvalue weighted by Gasteiger charge is 2.13. The third-order valence-electron chi connectivity index (χ3n) is 2.58. The second kappa shape index (κ2) is 5.57. The van der Waals surface area contributed by atoms with Crippen LogP contribution < -0.4 is 5.32 Å². The number of halogens is 2. The van der Waals surface area contributed by atoms with Gasteiger partial charge in [0.15, 0.2) is 5.82 Å². The van der Waals surface area contributed by atoms with Crippen LogP contribution in [-0.4, -0.2) is 9.91 Å². The number of nitrogens with one attached hydrogen (secondary N) is 1. The zero-order valence-electron chi connectivity index (χ0n) is 11.1. The highest BCUT2D eigenvalue weighted by Crippen LogP contribution is 2.28. The third-order valence-corrected chi connectivity index (χ3v) is 3.66. The van der Waals surface area contributed by atoms with E-state index in [2.05, 4.69) is 30.5 Å². The maximum absolute atomic E-state index is 13.9. The fourth-order valence-corrected chi connectivity index (χ4v) is 2.42. The lowest BCUT2D eigenvalue weighted by Crippen LogP contribution is -2.34. The van der Waals surface area contributed by atoms with E-state index in [0.717, 1.165) is 11.4 Å². The number of rotatable bonds is 3. The van der Waals surface area contributed by atoms with E-state index in [1.165, 1.54) is 17.6 Å². The molecule has 0 bridgehead atoms. The summed E-state index contributed by atoms with van der Waals surface area (Å²) >= 11 is 7.16. The van der Waals surface area contributed by atoms with Crippen molar-refractivity contribution in [3.05, 3.63) is 40.0 Å². The molecular weight excluding hydrogens is 283 g/mol. The minimum Gasteiger partial charge on any atom is -0.307 e. The molecule has 0 aliphatic carbocycles. The van der Waals surface area contributed by atoms with Gasteiger partial charge in [-0.1, -0.05) is 17.7 Å². The second-order valence-corrected chi connectivity index (χ2v) is 6.68. The maximum atomic E-state index is 13.9. The first-order valence-corrected chi connectivity index (χ1v) is 7.17. The van der Waals surface area contributed by atoms with Crippen LogP contribution >= 0.6 is 23.1 Å². The predicted molar refractivity (Wildman–Crippen MR) is 79.1 cm³/mol. The number of nitrogens with zero attached hydrogens (tertiary/aromatic N) is 1. The van der Waals surface area contributed by atoms with Gasteiger partial charge in [0.1, 0.15) is 0 Å². The van der Waals surface area contributed by atoms with Crippen molar-refractivity contribution in [1.29, 1.82) is 0 Å². The summed E-state index contributed by atoms with van der Waals surface area (Å²) in [7, 11) is 0. The molecule has 2 aromatic rings. The van der Waals surface area contributed by atoms with Gasteiger partial charge in [-0.2, -0.15) is 4.37 Å². The zero-order chi connectivity index (χ0) is 14.0. The predicted octanol–water partition coefficient (Wildman–Crippen LogP) is 4.49. The normalized spacial score (nSPS) is 11.8. The molecule has 1 heterocycles. The minimum absolute atomic E-state index is 0.0471. The molecule has 0 atom stereocenters. The van der Waals surface area contributed by atoms with Gasteiger partial charge in [-0.3, -0.25) is 0 Å². The van der Waals surface area contributed by atoms with Crippen molar-refractivity contribution >= 4 is 23.1 Å². The van der Waals surface area contributed by atoms with Crippen molar-refractivity contribution in [1.82, 2.24) is 9.69 Å². The van der Waals surface area contributed by atoms with Gasteiger partial charge < -0.3 is 5.32 Å². The first-order valence-electron chi connectivity index (χ1n) is 6.02. The van der Waals surface area contributed by atoms with Crippen molar-refractivity contribution < 1.29 is 4.39 Å². The van der Waals surface area contributed by atoms with Gasteiger partial charge in [0.25, 0.3) is 0 Å². The average Bonchev–Trinajstić information content (AvgIpc) is 2.78. The first-order chi connectivity index (χ1) is 8.87. The van der Waals surface area contributed by atoms with Gasteiger partial charge in [-0.15, -0.1) is 0 Å². The molecule has 1 aromatic carbocycles. The van der Waals surface area contributed by atoms with E-state index in [-0.39, 0.29) is 10.6 Å². The summed E-state index contributed by atoms with van der Waals surface area (Å²) in [5.74, 6) is -0.412. The highest BCUT2D eigenvalue weighted by atomic mass is 35.5. The topological polar surface area (TPSA) is 24.9 Å². The molecule has 0 radical (unpaired) electrons. The van der Waals surface area contributed by atoms with Crippen LogP contribution in [0, 0.1) is 5.82 Å². The molecule has 0 saturated heterocycles.